The van der Waals surface area contributed by atoms with Crippen molar-refractivity contribution in [2.75, 3.05) is 0 Å². The van der Waals surface area contributed by atoms with Crippen molar-refractivity contribution in [3.8, 4) is 23.2 Å². The van der Waals surface area contributed by atoms with E-state index in [4.69, 9.17) is 13.8 Å². The summed E-state index contributed by atoms with van der Waals surface area (Å²) in [6.07, 6.45) is 2.97. The third-order valence-corrected chi connectivity index (χ3v) is 3.41. The minimum absolute atomic E-state index is 0.291. The van der Waals surface area contributed by atoms with Gasteiger partial charge in [-0.15, -0.1) is 10.2 Å². The average Bonchev–Trinajstić information content (AvgIpc) is 3.16. The summed E-state index contributed by atoms with van der Waals surface area (Å²) in [5, 5.41) is 17.3. The summed E-state index contributed by atoms with van der Waals surface area (Å²) in [6.45, 7) is 1.99. The lowest BCUT2D eigenvalue weighted by atomic mass is 9.79. The first-order chi connectivity index (χ1) is 11.2. The summed E-state index contributed by atoms with van der Waals surface area (Å²) < 4.78 is 16.2. The molecule has 0 fully saturated rings. The lowest BCUT2D eigenvalue weighted by Crippen LogP contribution is -2.27. The summed E-state index contributed by atoms with van der Waals surface area (Å²) in [6, 6.07) is 5.37. The van der Waals surface area contributed by atoms with Gasteiger partial charge in [0.15, 0.2) is 0 Å². The molecule has 8 nitrogen and oxygen atoms in total. The van der Waals surface area contributed by atoms with Crippen molar-refractivity contribution in [3.63, 3.8) is 0 Å². The average molecular weight is 310 g/mol. The van der Waals surface area contributed by atoms with Crippen LogP contribution < -0.4 is 10.2 Å². The summed E-state index contributed by atoms with van der Waals surface area (Å²) in [7, 11) is -0.914. The van der Waals surface area contributed by atoms with Crippen LogP contribution in [0.1, 0.15) is 11.5 Å². The fourth-order valence-corrected chi connectivity index (χ4v) is 2.31. The molecule has 23 heavy (non-hydrogen) atoms. The Bertz CT molecular complexity index is 852. The zero-order chi connectivity index (χ0) is 15.8. The molecule has 3 heterocycles. The van der Waals surface area contributed by atoms with E-state index in [1.54, 1.807) is 25.1 Å². The molecule has 1 aromatic carbocycles. The zero-order valence-electron chi connectivity index (χ0n) is 12.1. The fraction of sp³-hybridized carbons (Fsp3) is 0.143. The van der Waals surface area contributed by atoms with Crippen molar-refractivity contribution in [2.24, 2.45) is 0 Å². The highest BCUT2D eigenvalue weighted by Crippen LogP contribution is 2.26. The van der Waals surface area contributed by atoms with Crippen LogP contribution in [0.25, 0.3) is 11.6 Å². The van der Waals surface area contributed by atoms with Crippen LogP contribution >= 0.6 is 0 Å². The molecule has 0 amide bonds. The number of nitrogens with zero attached hydrogens (tertiary/aromatic N) is 4. The molecule has 0 aliphatic carbocycles. The van der Waals surface area contributed by atoms with Crippen molar-refractivity contribution >= 4 is 12.6 Å². The van der Waals surface area contributed by atoms with Crippen molar-refractivity contribution in [1.29, 1.82) is 0 Å². The highest BCUT2D eigenvalue weighted by atomic mass is 16.5. The molecule has 9 heteroatoms. The zero-order valence-corrected chi connectivity index (χ0v) is 12.1. The largest absolute Gasteiger partial charge is 0.491 e. The second-order valence-electron chi connectivity index (χ2n) is 4.96. The maximum Gasteiger partial charge on any atom is 0.491 e. The lowest BCUT2D eigenvalue weighted by Gasteiger charge is -2.08. The maximum absolute atomic E-state index is 9.71. The van der Waals surface area contributed by atoms with Crippen LogP contribution in [-0.4, -0.2) is 32.3 Å². The van der Waals surface area contributed by atoms with Gasteiger partial charge in [0.1, 0.15) is 11.4 Å². The van der Waals surface area contributed by atoms with Crippen LogP contribution in [0.4, 0.5) is 0 Å². The molecular weight excluding hydrogens is 299 g/mol. The van der Waals surface area contributed by atoms with E-state index in [2.05, 4.69) is 20.2 Å². The molecule has 3 aromatic rings. The second-order valence-corrected chi connectivity index (χ2v) is 4.96. The molecule has 0 bridgehead atoms. The minimum Gasteiger partial charge on any atom is -0.437 e. The molecule has 0 saturated carbocycles. The molecule has 0 unspecified atom stereocenters. The highest BCUT2D eigenvalue weighted by molar-refractivity contribution is 6.61. The van der Waals surface area contributed by atoms with Gasteiger partial charge in [0, 0.05) is 12.5 Å². The predicted octanol–water partition coefficient (Wildman–Crippen LogP) is 0.845. The quantitative estimate of drug-likeness (QED) is 0.710. The molecule has 1 aliphatic rings. The first kappa shape index (κ1) is 13.9. The molecule has 0 atom stereocenters. The van der Waals surface area contributed by atoms with Gasteiger partial charge in [-0.25, -0.2) is 9.97 Å². The Kier molecular flexibility index (Phi) is 3.28. The number of aryl methyl sites for hydroxylation is 1. The topological polar surface area (TPSA) is 103 Å². The van der Waals surface area contributed by atoms with E-state index in [1.165, 1.54) is 12.4 Å². The molecule has 2 aromatic heterocycles. The molecule has 0 radical (unpaired) electrons. The van der Waals surface area contributed by atoms with Gasteiger partial charge in [0.05, 0.1) is 19.0 Å². The Labute approximate surface area is 131 Å². The number of aromatic nitrogens is 4. The SMILES string of the molecule is Cc1nnc(-c2cnc(Oc3cccc4c3COB4O)cn2)o1. The van der Waals surface area contributed by atoms with Crippen LogP contribution in [0, 0.1) is 6.92 Å². The van der Waals surface area contributed by atoms with Crippen molar-refractivity contribution in [3.05, 3.63) is 42.0 Å². The van der Waals surface area contributed by atoms with Gasteiger partial charge in [0.25, 0.3) is 5.89 Å². The van der Waals surface area contributed by atoms with Crippen molar-refractivity contribution in [2.45, 2.75) is 13.5 Å². The van der Waals surface area contributed by atoms with Crippen LogP contribution in [0.3, 0.4) is 0 Å². The normalized spacial score (nSPS) is 13.2. The van der Waals surface area contributed by atoms with Gasteiger partial charge in [-0.1, -0.05) is 12.1 Å². The number of ether oxygens (including phenoxy) is 1. The summed E-state index contributed by atoms with van der Waals surface area (Å²) in [5.74, 6) is 1.66. The van der Waals surface area contributed by atoms with Crippen LogP contribution in [0.5, 0.6) is 11.6 Å². The van der Waals surface area contributed by atoms with Crippen LogP contribution in [0.2, 0.25) is 0 Å². The van der Waals surface area contributed by atoms with Gasteiger partial charge in [-0.2, -0.15) is 0 Å². The van der Waals surface area contributed by atoms with Crippen molar-refractivity contribution < 1.29 is 18.8 Å². The molecule has 1 N–H and O–H groups in total. The number of hydrogen-bond acceptors (Lipinski definition) is 8. The first-order valence-corrected chi connectivity index (χ1v) is 6.92. The Morgan fingerprint density at radius 3 is 2.87 bits per heavy atom. The summed E-state index contributed by atoms with van der Waals surface area (Å²) >= 11 is 0. The number of fused-ring (bicyclic) bond motifs is 1. The smallest absolute Gasteiger partial charge is 0.437 e. The van der Waals surface area contributed by atoms with Gasteiger partial charge in [0.2, 0.25) is 11.8 Å². The molecule has 4 rings (SSSR count). The van der Waals surface area contributed by atoms with Gasteiger partial charge >= 0.3 is 7.12 Å². The van der Waals surface area contributed by atoms with Gasteiger partial charge < -0.3 is 18.8 Å². The van der Waals surface area contributed by atoms with E-state index in [0.29, 0.717) is 41.2 Å². The van der Waals surface area contributed by atoms with Gasteiger partial charge in [-0.3, -0.25) is 0 Å². The Balaban J connectivity index is 1.59. The molecule has 114 valence electrons. The van der Waals surface area contributed by atoms with Crippen molar-refractivity contribution in [1.82, 2.24) is 20.2 Å². The number of rotatable bonds is 3. The number of benzene rings is 1. The maximum atomic E-state index is 9.71. The summed E-state index contributed by atoms with van der Waals surface area (Å²) in [4.78, 5) is 8.39. The van der Waals surface area contributed by atoms with E-state index < -0.39 is 7.12 Å². The van der Waals surface area contributed by atoms with E-state index in [9.17, 15) is 5.02 Å². The molecule has 1 aliphatic heterocycles. The minimum atomic E-state index is -0.914. The monoisotopic (exact) mass is 310 g/mol. The third-order valence-electron chi connectivity index (χ3n) is 3.41. The fourth-order valence-electron chi connectivity index (χ4n) is 2.31. The Morgan fingerprint density at radius 2 is 2.13 bits per heavy atom. The van der Waals surface area contributed by atoms with E-state index in [-0.39, 0.29) is 0 Å². The molecular formula is C14H11BN4O4. The second kappa shape index (κ2) is 5.45. The van der Waals surface area contributed by atoms with E-state index in [0.717, 1.165) is 5.56 Å². The molecule has 0 saturated heterocycles. The summed E-state index contributed by atoms with van der Waals surface area (Å²) in [5.41, 5.74) is 1.97. The van der Waals surface area contributed by atoms with Crippen LogP contribution in [0.15, 0.2) is 35.0 Å². The standard InChI is InChI=1S/C14H11BN4O4/c1-8-18-19-14(22-8)11-5-17-13(6-16-11)23-12-4-2-3-10-9(12)7-21-15(10)20/h2-6,20H,7H2,1H3. The Morgan fingerprint density at radius 1 is 1.22 bits per heavy atom. The predicted molar refractivity (Wildman–Crippen MR) is 79.0 cm³/mol. The first-order valence-electron chi connectivity index (χ1n) is 6.92. The van der Waals surface area contributed by atoms with Gasteiger partial charge in [-0.05, 0) is 11.5 Å². The number of hydrogen-bond donors (Lipinski definition) is 1. The lowest BCUT2D eigenvalue weighted by molar-refractivity contribution is 0.272. The van der Waals surface area contributed by atoms with E-state index >= 15 is 0 Å². The molecule has 0 spiro atoms. The Hall–Kier alpha value is -2.78. The third kappa shape index (κ3) is 2.56. The van der Waals surface area contributed by atoms with Crippen LogP contribution in [-0.2, 0) is 11.3 Å². The highest BCUT2D eigenvalue weighted by Gasteiger charge is 2.29. The van der Waals surface area contributed by atoms with E-state index in [1.807, 2.05) is 0 Å².